The van der Waals surface area contributed by atoms with Gasteiger partial charge in [0.25, 0.3) is 0 Å². The number of nitrogens with one attached hydrogen (secondary N) is 1. The Morgan fingerprint density at radius 1 is 1.82 bits per heavy atom. The van der Waals surface area contributed by atoms with E-state index in [0.29, 0.717) is 6.54 Å². The molecule has 1 amide bonds. The van der Waals surface area contributed by atoms with Crippen LogP contribution in [0.5, 0.6) is 0 Å². The van der Waals surface area contributed by atoms with Crippen molar-refractivity contribution in [1.29, 1.82) is 0 Å². The average Bonchev–Trinajstić information content (AvgIpc) is 2.18. The number of carbonyl (C=O) groups is 1. The van der Waals surface area contributed by atoms with E-state index in [9.17, 15) is 4.79 Å². The van der Waals surface area contributed by atoms with Crippen LogP contribution in [0.3, 0.4) is 0 Å². The highest BCUT2D eigenvalue weighted by Crippen LogP contribution is 2.03. The van der Waals surface area contributed by atoms with E-state index in [1.807, 2.05) is 18.9 Å². The fourth-order valence-electron chi connectivity index (χ4n) is 1.06. The van der Waals surface area contributed by atoms with Crippen LogP contribution in [-0.2, 0) is 4.79 Å². The molecule has 1 aliphatic heterocycles. The Bertz CT molecular complexity index is 200. The Kier molecular flexibility index (Phi) is 2.12. The van der Waals surface area contributed by atoms with Gasteiger partial charge in [0.2, 0.25) is 5.91 Å². The van der Waals surface area contributed by atoms with Crippen LogP contribution in [-0.4, -0.2) is 36.4 Å². The molecule has 1 heterocycles. The number of hydrogen-bond acceptors (Lipinski definition) is 3. The molecule has 0 aromatic heterocycles. The van der Waals surface area contributed by atoms with E-state index in [4.69, 9.17) is 0 Å². The van der Waals surface area contributed by atoms with Gasteiger partial charge in [0, 0.05) is 14.0 Å². The molecule has 0 aromatic rings. The maximum atomic E-state index is 10.7. The Balaban J connectivity index is 2.47. The molecule has 1 unspecified atom stereocenters. The minimum absolute atomic E-state index is 0.00764. The molecular formula is C7H13N3O. The van der Waals surface area contributed by atoms with Gasteiger partial charge in [0.05, 0.1) is 12.4 Å². The molecular weight excluding hydrogens is 142 g/mol. The molecule has 62 valence electrons. The lowest BCUT2D eigenvalue weighted by molar-refractivity contribution is -0.120. The first-order valence-corrected chi connectivity index (χ1v) is 3.62. The van der Waals surface area contributed by atoms with Gasteiger partial charge in [-0.1, -0.05) is 0 Å². The van der Waals surface area contributed by atoms with Crippen molar-refractivity contribution in [3.8, 4) is 0 Å². The molecule has 0 radical (unpaired) electrons. The highest BCUT2D eigenvalue weighted by molar-refractivity contribution is 5.82. The minimum atomic E-state index is -0.00764. The zero-order chi connectivity index (χ0) is 8.43. The third-order valence-corrected chi connectivity index (χ3v) is 1.84. The SMILES string of the molecule is CC(=O)NC1CN=C(C)N1C. The van der Waals surface area contributed by atoms with E-state index >= 15 is 0 Å². The third kappa shape index (κ3) is 1.69. The van der Waals surface area contributed by atoms with Gasteiger partial charge in [-0.25, -0.2) is 0 Å². The summed E-state index contributed by atoms with van der Waals surface area (Å²) < 4.78 is 0. The number of likely N-dealkylation sites (N-methyl/N-ethyl adjacent to an activating group) is 1. The lowest BCUT2D eigenvalue weighted by Crippen LogP contribution is -2.45. The Morgan fingerprint density at radius 3 is 2.82 bits per heavy atom. The van der Waals surface area contributed by atoms with Crippen LogP contribution in [0.4, 0.5) is 0 Å². The lowest BCUT2D eigenvalue weighted by atomic mass is 10.4. The van der Waals surface area contributed by atoms with E-state index in [-0.39, 0.29) is 12.1 Å². The standard InChI is InChI=1S/C7H13N3O/c1-5-8-4-7(10(5)3)9-6(2)11/h7H,4H2,1-3H3,(H,9,11). The molecule has 0 spiro atoms. The van der Waals surface area contributed by atoms with Crippen LogP contribution in [0.1, 0.15) is 13.8 Å². The second-order valence-corrected chi connectivity index (χ2v) is 2.72. The highest BCUT2D eigenvalue weighted by atomic mass is 16.1. The van der Waals surface area contributed by atoms with E-state index < -0.39 is 0 Å². The van der Waals surface area contributed by atoms with E-state index in [1.54, 1.807) is 0 Å². The summed E-state index contributed by atoms with van der Waals surface area (Å²) in [5.74, 6) is 0.968. The molecule has 0 aromatic carbocycles. The van der Waals surface area contributed by atoms with Crippen LogP contribution < -0.4 is 5.32 Å². The maximum Gasteiger partial charge on any atom is 0.218 e. The van der Waals surface area contributed by atoms with Crippen molar-refractivity contribution in [2.45, 2.75) is 20.0 Å². The van der Waals surface area contributed by atoms with Gasteiger partial charge in [-0.3, -0.25) is 9.79 Å². The van der Waals surface area contributed by atoms with Gasteiger partial charge in [-0.15, -0.1) is 0 Å². The molecule has 0 saturated carbocycles. The van der Waals surface area contributed by atoms with E-state index in [2.05, 4.69) is 10.3 Å². The molecule has 1 atom stereocenters. The molecule has 1 aliphatic rings. The van der Waals surface area contributed by atoms with Crippen molar-refractivity contribution in [2.24, 2.45) is 4.99 Å². The number of hydrogen-bond donors (Lipinski definition) is 1. The first-order chi connectivity index (χ1) is 5.11. The molecule has 4 nitrogen and oxygen atoms in total. The fourth-order valence-corrected chi connectivity index (χ4v) is 1.06. The van der Waals surface area contributed by atoms with Crippen molar-refractivity contribution < 1.29 is 4.79 Å². The molecule has 4 heteroatoms. The van der Waals surface area contributed by atoms with Crippen LogP contribution in [0.15, 0.2) is 4.99 Å². The number of amides is 1. The predicted molar refractivity (Wildman–Crippen MR) is 43.3 cm³/mol. The van der Waals surface area contributed by atoms with Crippen LogP contribution in [0.25, 0.3) is 0 Å². The largest absolute Gasteiger partial charge is 0.342 e. The number of aliphatic imine (C=N–C) groups is 1. The normalized spacial score (nSPS) is 23.4. The molecule has 0 aliphatic carbocycles. The first-order valence-electron chi connectivity index (χ1n) is 3.62. The Labute approximate surface area is 66.3 Å². The summed E-state index contributed by atoms with van der Waals surface area (Å²) in [4.78, 5) is 16.8. The van der Waals surface area contributed by atoms with Crippen LogP contribution in [0, 0.1) is 0 Å². The third-order valence-electron chi connectivity index (χ3n) is 1.84. The van der Waals surface area contributed by atoms with Crippen molar-refractivity contribution >= 4 is 11.7 Å². The smallest absolute Gasteiger partial charge is 0.218 e. The van der Waals surface area contributed by atoms with Crippen molar-refractivity contribution in [2.75, 3.05) is 13.6 Å². The second kappa shape index (κ2) is 2.90. The maximum absolute atomic E-state index is 10.7. The second-order valence-electron chi connectivity index (χ2n) is 2.72. The average molecular weight is 155 g/mol. The molecule has 1 N–H and O–H groups in total. The van der Waals surface area contributed by atoms with Crippen LogP contribution >= 0.6 is 0 Å². The quantitative estimate of drug-likeness (QED) is 0.570. The van der Waals surface area contributed by atoms with Gasteiger partial charge in [-0.2, -0.15) is 0 Å². The van der Waals surface area contributed by atoms with Crippen molar-refractivity contribution in [3.05, 3.63) is 0 Å². The highest BCUT2D eigenvalue weighted by Gasteiger charge is 2.21. The molecule has 11 heavy (non-hydrogen) atoms. The Morgan fingerprint density at radius 2 is 2.45 bits per heavy atom. The minimum Gasteiger partial charge on any atom is -0.342 e. The number of carbonyl (C=O) groups excluding carboxylic acids is 1. The first kappa shape index (κ1) is 8.04. The molecule has 0 bridgehead atoms. The van der Waals surface area contributed by atoms with Crippen molar-refractivity contribution in [3.63, 3.8) is 0 Å². The molecule has 0 saturated heterocycles. The Hall–Kier alpha value is -1.06. The summed E-state index contributed by atoms with van der Waals surface area (Å²) in [7, 11) is 1.92. The summed E-state index contributed by atoms with van der Waals surface area (Å²) >= 11 is 0. The summed E-state index contributed by atoms with van der Waals surface area (Å²) in [5.41, 5.74) is 0. The number of amidine groups is 1. The van der Waals surface area contributed by atoms with Gasteiger partial charge in [0.15, 0.2) is 0 Å². The summed E-state index contributed by atoms with van der Waals surface area (Å²) in [6, 6.07) is 0. The molecule has 0 fully saturated rings. The zero-order valence-corrected chi connectivity index (χ0v) is 7.09. The molecule has 1 rings (SSSR count). The van der Waals surface area contributed by atoms with Gasteiger partial charge >= 0.3 is 0 Å². The topological polar surface area (TPSA) is 44.7 Å². The van der Waals surface area contributed by atoms with Crippen LogP contribution in [0.2, 0.25) is 0 Å². The summed E-state index contributed by atoms with van der Waals surface area (Å²) in [6.45, 7) is 4.12. The zero-order valence-electron chi connectivity index (χ0n) is 7.09. The van der Waals surface area contributed by atoms with Crippen molar-refractivity contribution in [1.82, 2.24) is 10.2 Å². The lowest BCUT2D eigenvalue weighted by Gasteiger charge is -2.21. The summed E-state index contributed by atoms with van der Waals surface area (Å²) in [5, 5.41) is 2.79. The van der Waals surface area contributed by atoms with E-state index in [0.717, 1.165) is 5.84 Å². The fraction of sp³-hybridized carbons (Fsp3) is 0.714. The monoisotopic (exact) mass is 155 g/mol. The predicted octanol–water partition coefficient (Wildman–Crippen LogP) is -0.188. The summed E-state index contributed by atoms with van der Waals surface area (Å²) in [6.07, 6.45) is 0.0625. The number of rotatable bonds is 1. The van der Waals surface area contributed by atoms with Gasteiger partial charge in [-0.05, 0) is 6.92 Å². The van der Waals surface area contributed by atoms with E-state index in [1.165, 1.54) is 6.92 Å². The number of nitrogens with zero attached hydrogens (tertiary/aromatic N) is 2. The van der Waals surface area contributed by atoms with Gasteiger partial charge in [0.1, 0.15) is 6.17 Å². The van der Waals surface area contributed by atoms with Gasteiger partial charge < -0.3 is 10.2 Å².